The second kappa shape index (κ2) is 5.39. The Labute approximate surface area is 132 Å². The molecule has 2 aliphatic rings. The number of anilines is 2. The molecule has 4 nitrogen and oxygen atoms in total. The number of fused-ring (bicyclic) bond motifs is 1. The Morgan fingerprint density at radius 1 is 1.45 bits per heavy atom. The van der Waals surface area contributed by atoms with Gasteiger partial charge in [0.25, 0.3) is 0 Å². The maximum atomic E-state index is 9.75. The lowest BCUT2D eigenvalue weighted by Gasteiger charge is -2.37. The third-order valence-corrected chi connectivity index (χ3v) is 4.82. The third-order valence-electron chi connectivity index (χ3n) is 4.82. The molecule has 0 aliphatic carbocycles. The van der Waals surface area contributed by atoms with Gasteiger partial charge in [-0.05, 0) is 57.1 Å². The molecule has 0 aromatic heterocycles. The summed E-state index contributed by atoms with van der Waals surface area (Å²) in [6.07, 6.45) is 4.25. The highest BCUT2D eigenvalue weighted by atomic mass is 16.5. The van der Waals surface area contributed by atoms with Crippen LogP contribution in [-0.2, 0) is 6.42 Å². The van der Waals surface area contributed by atoms with Gasteiger partial charge >= 0.3 is 0 Å². The van der Waals surface area contributed by atoms with E-state index < -0.39 is 0 Å². The van der Waals surface area contributed by atoms with E-state index in [0.29, 0.717) is 17.2 Å². The fraction of sp³-hybridized carbons (Fsp3) is 0.611. The summed E-state index contributed by atoms with van der Waals surface area (Å²) in [5.41, 5.74) is 9.38. The maximum Gasteiger partial charge on any atom is 0.143 e. The van der Waals surface area contributed by atoms with Crippen molar-refractivity contribution in [2.75, 3.05) is 23.7 Å². The van der Waals surface area contributed by atoms with Gasteiger partial charge in [0.15, 0.2) is 0 Å². The number of hydrogen-bond acceptors (Lipinski definition) is 4. The predicted molar refractivity (Wildman–Crippen MR) is 89.2 cm³/mol. The van der Waals surface area contributed by atoms with Gasteiger partial charge in [0, 0.05) is 13.1 Å². The number of piperidine rings is 1. The summed E-state index contributed by atoms with van der Waals surface area (Å²) >= 11 is 0. The van der Waals surface area contributed by atoms with Crippen LogP contribution >= 0.6 is 0 Å². The van der Waals surface area contributed by atoms with Crippen LogP contribution in [0.5, 0.6) is 5.75 Å². The smallest absolute Gasteiger partial charge is 0.143 e. The van der Waals surface area contributed by atoms with Gasteiger partial charge in [0.1, 0.15) is 23.0 Å². The van der Waals surface area contributed by atoms with Crippen LogP contribution in [-0.4, -0.2) is 18.7 Å². The SMILES string of the molecule is C[C@@H]1CCCN(c2c(N)cc3c(c2C#N)OC(C)(C)CC3)C1. The van der Waals surface area contributed by atoms with Gasteiger partial charge in [-0.25, -0.2) is 0 Å². The Balaban J connectivity index is 2.09. The lowest BCUT2D eigenvalue weighted by molar-refractivity contribution is 0.0843. The number of benzene rings is 1. The van der Waals surface area contributed by atoms with E-state index in [1.165, 1.54) is 6.42 Å². The van der Waals surface area contributed by atoms with Gasteiger partial charge in [-0.2, -0.15) is 5.26 Å². The summed E-state index contributed by atoms with van der Waals surface area (Å²) in [5.74, 6) is 1.38. The van der Waals surface area contributed by atoms with Gasteiger partial charge in [0.05, 0.1) is 11.4 Å². The summed E-state index contributed by atoms with van der Waals surface area (Å²) in [7, 11) is 0. The molecular weight excluding hydrogens is 274 g/mol. The number of nitrogens with zero attached hydrogens (tertiary/aromatic N) is 2. The zero-order valence-electron chi connectivity index (χ0n) is 13.8. The number of nitriles is 1. The monoisotopic (exact) mass is 299 g/mol. The van der Waals surface area contributed by atoms with Crippen molar-refractivity contribution in [1.29, 1.82) is 5.26 Å². The molecule has 1 aromatic rings. The number of rotatable bonds is 1. The average Bonchev–Trinajstić information content (AvgIpc) is 2.46. The molecule has 1 atom stereocenters. The molecule has 0 spiro atoms. The van der Waals surface area contributed by atoms with Crippen LogP contribution in [0.2, 0.25) is 0 Å². The molecule has 2 heterocycles. The number of ether oxygens (including phenoxy) is 1. The van der Waals surface area contributed by atoms with Gasteiger partial charge in [-0.1, -0.05) is 6.92 Å². The highest BCUT2D eigenvalue weighted by molar-refractivity contribution is 5.80. The zero-order valence-corrected chi connectivity index (χ0v) is 13.8. The number of nitrogen functional groups attached to an aromatic ring is 1. The van der Waals surface area contributed by atoms with Gasteiger partial charge < -0.3 is 15.4 Å². The maximum absolute atomic E-state index is 9.75. The number of aryl methyl sites for hydroxylation is 1. The lowest BCUT2D eigenvalue weighted by Crippen LogP contribution is -2.37. The molecule has 0 unspecified atom stereocenters. The minimum absolute atomic E-state index is 0.221. The Morgan fingerprint density at radius 2 is 2.23 bits per heavy atom. The molecule has 0 bridgehead atoms. The van der Waals surface area contributed by atoms with Crippen molar-refractivity contribution in [3.05, 3.63) is 17.2 Å². The van der Waals surface area contributed by atoms with E-state index in [9.17, 15) is 5.26 Å². The van der Waals surface area contributed by atoms with Crippen LogP contribution in [0.1, 0.15) is 51.2 Å². The molecule has 1 saturated heterocycles. The van der Waals surface area contributed by atoms with Crippen LogP contribution in [0, 0.1) is 17.2 Å². The van der Waals surface area contributed by atoms with Crippen molar-refractivity contribution < 1.29 is 4.74 Å². The first-order valence-electron chi connectivity index (χ1n) is 8.20. The predicted octanol–water partition coefficient (Wildman–Crippen LogP) is 3.48. The molecule has 22 heavy (non-hydrogen) atoms. The van der Waals surface area contributed by atoms with Crippen molar-refractivity contribution in [1.82, 2.24) is 0 Å². The molecule has 2 aliphatic heterocycles. The molecule has 0 radical (unpaired) electrons. The molecule has 1 aromatic carbocycles. The van der Waals surface area contributed by atoms with Crippen LogP contribution < -0.4 is 15.4 Å². The van der Waals surface area contributed by atoms with Crippen LogP contribution in [0.3, 0.4) is 0 Å². The number of nitrogens with two attached hydrogens (primary N) is 1. The summed E-state index contributed by atoms with van der Waals surface area (Å²) in [6.45, 7) is 8.34. The standard InChI is InChI=1S/C18H25N3O/c1-12-5-4-8-21(11-12)16-14(10-19)17-13(9-15(16)20)6-7-18(2,3)22-17/h9,12H,4-8,11,20H2,1-3H3/t12-/m1/s1. The van der Waals surface area contributed by atoms with Crippen molar-refractivity contribution in [2.24, 2.45) is 5.92 Å². The molecule has 4 heteroatoms. The normalized spacial score (nSPS) is 23.4. The third kappa shape index (κ3) is 2.61. The average molecular weight is 299 g/mol. The molecule has 0 saturated carbocycles. The fourth-order valence-electron chi connectivity index (χ4n) is 3.64. The van der Waals surface area contributed by atoms with Crippen molar-refractivity contribution in [2.45, 2.75) is 52.1 Å². The second-order valence-corrected chi connectivity index (χ2v) is 7.34. The van der Waals surface area contributed by atoms with Crippen LogP contribution in [0.15, 0.2) is 6.07 Å². The second-order valence-electron chi connectivity index (χ2n) is 7.34. The Morgan fingerprint density at radius 3 is 2.91 bits per heavy atom. The van der Waals surface area contributed by atoms with E-state index in [0.717, 1.165) is 49.4 Å². The van der Waals surface area contributed by atoms with E-state index in [2.05, 4.69) is 31.7 Å². The highest BCUT2D eigenvalue weighted by Crippen LogP contribution is 2.43. The summed E-state index contributed by atoms with van der Waals surface area (Å²) in [6, 6.07) is 4.38. The molecule has 3 rings (SSSR count). The highest BCUT2D eigenvalue weighted by Gasteiger charge is 2.32. The fourth-order valence-corrected chi connectivity index (χ4v) is 3.64. The van der Waals surface area contributed by atoms with Crippen molar-refractivity contribution >= 4 is 11.4 Å². The summed E-state index contributed by atoms with van der Waals surface area (Å²) in [4.78, 5) is 2.27. The molecule has 2 N–H and O–H groups in total. The first kappa shape index (κ1) is 15.0. The van der Waals surface area contributed by atoms with Gasteiger partial charge in [-0.3, -0.25) is 0 Å². The Hall–Kier alpha value is -1.89. The van der Waals surface area contributed by atoms with E-state index in [4.69, 9.17) is 10.5 Å². The van der Waals surface area contributed by atoms with Crippen molar-refractivity contribution in [3.63, 3.8) is 0 Å². The van der Waals surface area contributed by atoms with E-state index in [-0.39, 0.29) is 5.60 Å². The molecule has 0 amide bonds. The molecular formula is C18H25N3O. The van der Waals surface area contributed by atoms with Crippen LogP contribution in [0.25, 0.3) is 0 Å². The van der Waals surface area contributed by atoms with E-state index in [1.807, 2.05) is 6.07 Å². The topological polar surface area (TPSA) is 62.3 Å². The first-order chi connectivity index (χ1) is 10.4. The number of hydrogen-bond donors (Lipinski definition) is 1. The Kier molecular flexibility index (Phi) is 3.68. The summed E-state index contributed by atoms with van der Waals surface area (Å²) < 4.78 is 6.15. The van der Waals surface area contributed by atoms with Gasteiger partial charge in [-0.15, -0.1) is 0 Å². The lowest BCUT2D eigenvalue weighted by atomic mass is 9.90. The van der Waals surface area contributed by atoms with Gasteiger partial charge in [0.2, 0.25) is 0 Å². The molecule has 118 valence electrons. The Bertz CT molecular complexity index is 630. The summed E-state index contributed by atoms with van der Waals surface area (Å²) in [5, 5.41) is 9.75. The molecule has 1 fully saturated rings. The van der Waals surface area contributed by atoms with E-state index in [1.54, 1.807) is 0 Å². The van der Waals surface area contributed by atoms with E-state index >= 15 is 0 Å². The minimum atomic E-state index is -0.221. The van der Waals surface area contributed by atoms with Crippen molar-refractivity contribution in [3.8, 4) is 11.8 Å². The van der Waals surface area contributed by atoms with Crippen LogP contribution in [0.4, 0.5) is 11.4 Å². The first-order valence-corrected chi connectivity index (χ1v) is 8.20. The zero-order chi connectivity index (χ0) is 15.9. The quantitative estimate of drug-likeness (QED) is 0.806. The minimum Gasteiger partial charge on any atom is -0.486 e. The largest absolute Gasteiger partial charge is 0.486 e.